The number of carboxylic acids is 1. The first-order chi connectivity index (χ1) is 9.49. The summed E-state index contributed by atoms with van der Waals surface area (Å²) in [6.45, 7) is 1.56. The lowest BCUT2D eigenvalue weighted by Gasteiger charge is -2.20. The number of amides is 1. The van der Waals surface area contributed by atoms with Crippen LogP contribution < -0.4 is 4.90 Å². The Balaban J connectivity index is 2.37. The Bertz CT molecular complexity index is 636. The SMILES string of the molecule is Cc1ccc(N(CC(=O)O)C(=O)c2sccc2Br)cc1. The third kappa shape index (κ3) is 3.26. The minimum absolute atomic E-state index is 0.321. The van der Waals surface area contributed by atoms with Crippen molar-refractivity contribution in [1.82, 2.24) is 0 Å². The molecule has 0 bridgehead atoms. The van der Waals surface area contributed by atoms with Crippen LogP contribution in [0.5, 0.6) is 0 Å². The molecule has 2 aromatic rings. The fourth-order valence-electron chi connectivity index (χ4n) is 1.71. The highest BCUT2D eigenvalue weighted by molar-refractivity contribution is 9.10. The Morgan fingerprint density at radius 1 is 1.25 bits per heavy atom. The van der Waals surface area contributed by atoms with Crippen molar-refractivity contribution in [2.24, 2.45) is 0 Å². The number of aryl methyl sites for hydroxylation is 1. The normalized spacial score (nSPS) is 10.3. The third-order valence-electron chi connectivity index (χ3n) is 2.70. The number of aliphatic carboxylic acids is 1. The lowest BCUT2D eigenvalue weighted by molar-refractivity contribution is -0.135. The van der Waals surface area contributed by atoms with Gasteiger partial charge in [-0.3, -0.25) is 14.5 Å². The number of carbonyl (C=O) groups is 2. The minimum atomic E-state index is -1.05. The molecule has 20 heavy (non-hydrogen) atoms. The fraction of sp³-hybridized carbons (Fsp3) is 0.143. The molecule has 0 fully saturated rings. The molecule has 0 aliphatic carbocycles. The molecule has 0 spiro atoms. The lowest BCUT2D eigenvalue weighted by atomic mass is 10.2. The number of hydrogen-bond acceptors (Lipinski definition) is 3. The van der Waals surface area contributed by atoms with Gasteiger partial charge in [0.2, 0.25) is 0 Å². The predicted molar refractivity (Wildman–Crippen MR) is 82.5 cm³/mol. The Kier molecular flexibility index (Phi) is 4.57. The zero-order chi connectivity index (χ0) is 14.7. The Hall–Kier alpha value is -1.66. The largest absolute Gasteiger partial charge is 0.480 e. The third-order valence-corrected chi connectivity index (χ3v) is 4.52. The zero-order valence-electron chi connectivity index (χ0n) is 10.7. The number of hydrogen-bond donors (Lipinski definition) is 1. The molecule has 1 heterocycles. The number of anilines is 1. The molecule has 0 saturated heterocycles. The topological polar surface area (TPSA) is 57.6 Å². The average Bonchev–Trinajstić information content (AvgIpc) is 2.82. The van der Waals surface area contributed by atoms with Gasteiger partial charge in [0.05, 0.1) is 0 Å². The molecular weight excluding hydrogens is 342 g/mol. The van der Waals surface area contributed by atoms with Gasteiger partial charge in [-0.05, 0) is 46.4 Å². The van der Waals surface area contributed by atoms with Crippen LogP contribution >= 0.6 is 27.3 Å². The molecule has 0 saturated carbocycles. The number of rotatable bonds is 4. The highest BCUT2D eigenvalue weighted by atomic mass is 79.9. The van der Waals surface area contributed by atoms with Gasteiger partial charge in [-0.2, -0.15) is 0 Å². The summed E-state index contributed by atoms with van der Waals surface area (Å²) in [4.78, 5) is 25.3. The molecule has 1 N–H and O–H groups in total. The van der Waals surface area contributed by atoms with Gasteiger partial charge in [-0.1, -0.05) is 17.7 Å². The molecule has 104 valence electrons. The monoisotopic (exact) mass is 353 g/mol. The van der Waals surface area contributed by atoms with E-state index in [1.54, 1.807) is 23.6 Å². The van der Waals surface area contributed by atoms with Crippen LogP contribution in [-0.4, -0.2) is 23.5 Å². The van der Waals surface area contributed by atoms with Crippen LogP contribution in [0.2, 0.25) is 0 Å². The number of carboxylic acid groups (broad SMARTS) is 1. The Morgan fingerprint density at radius 3 is 2.40 bits per heavy atom. The van der Waals surface area contributed by atoms with E-state index < -0.39 is 5.97 Å². The van der Waals surface area contributed by atoms with Gasteiger partial charge in [0.1, 0.15) is 11.4 Å². The first-order valence-electron chi connectivity index (χ1n) is 5.82. The van der Waals surface area contributed by atoms with E-state index in [1.807, 2.05) is 19.1 Å². The quantitative estimate of drug-likeness (QED) is 0.914. The molecule has 6 heteroatoms. The van der Waals surface area contributed by atoms with Crippen LogP contribution in [0.4, 0.5) is 5.69 Å². The molecule has 0 unspecified atom stereocenters. The summed E-state index contributed by atoms with van der Waals surface area (Å²) in [5.74, 6) is -1.37. The van der Waals surface area contributed by atoms with Crippen LogP contribution in [0.25, 0.3) is 0 Å². The van der Waals surface area contributed by atoms with Crippen LogP contribution in [0.15, 0.2) is 40.2 Å². The second kappa shape index (κ2) is 6.19. The molecule has 1 aromatic heterocycles. The molecule has 0 atom stereocenters. The van der Waals surface area contributed by atoms with Crippen molar-refractivity contribution < 1.29 is 14.7 Å². The summed E-state index contributed by atoms with van der Waals surface area (Å²) in [6.07, 6.45) is 0. The first-order valence-corrected chi connectivity index (χ1v) is 7.49. The molecule has 1 aromatic carbocycles. The van der Waals surface area contributed by atoms with Crippen molar-refractivity contribution in [3.05, 3.63) is 50.6 Å². The summed E-state index contributed by atoms with van der Waals surface area (Å²) in [7, 11) is 0. The summed E-state index contributed by atoms with van der Waals surface area (Å²) in [6, 6.07) is 8.96. The van der Waals surface area contributed by atoms with Gasteiger partial charge in [0.25, 0.3) is 5.91 Å². The van der Waals surface area contributed by atoms with Gasteiger partial charge in [-0.15, -0.1) is 11.3 Å². The fourth-order valence-corrected chi connectivity index (χ4v) is 3.20. The van der Waals surface area contributed by atoms with Gasteiger partial charge in [-0.25, -0.2) is 0 Å². The van der Waals surface area contributed by atoms with E-state index in [0.29, 0.717) is 15.0 Å². The van der Waals surface area contributed by atoms with Crippen molar-refractivity contribution in [3.63, 3.8) is 0 Å². The minimum Gasteiger partial charge on any atom is -0.480 e. The highest BCUT2D eigenvalue weighted by Crippen LogP contribution is 2.26. The number of carbonyl (C=O) groups excluding carboxylic acids is 1. The van der Waals surface area contributed by atoms with Crippen molar-refractivity contribution in [1.29, 1.82) is 0 Å². The molecule has 0 aliphatic rings. The lowest BCUT2D eigenvalue weighted by Crippen LogP contribution is -2.35. The van der Waals surface area contributed by atoms with E-state index in [4.69, 9.17) is 5.11 Å². The van der Waals surface area contributed by atoms with Crippen molar-refractivity contribution >= 4 is 44.8 Å². The molecular formula is C14H12BrNO3S. The van der Waals surface area contributed by atoms with E-state index >= 15 is 0 Å². The summed E-state index contributed by atoms with van der Waals surface area (Å²) in [5.41, 5.74) is 1.62. The molecule has 0 aliphatic heterocycles. The molecule has 2 rings (SSSR count). The number of thiophene rings is 1. The summed E-state index contributed by atoms with van der Waals surface area (Å²) in [5, 5.41) is 10.8. The van der Waals surface area contributed by atoms with Crippen LogP contribution in [0, 0.1) is 6.92 Å². The predicted octanol–water partition coefficient (Wildman–Crippen LogP) is 3.55. The summed E-state index contributed by atoms with van der Waals surface area (Å²) >= 11 is 4.58. The maximum absolute atomic E-state index is 12.5. The smallest absolute Gasteiger partial charge is 0.323 e. The zero-order valence-corrected chi connectivity index (χ0v) is 13.1. The van der Waals surface area contributed by atoms with E-state index in [2.05, 4.69) is 15.9 Å². The van der Waals surface area contributed by atoms with E-state index in [0.717, 1.165) is 5.56 Å². The average molecular weight is 354 g/mol. The second-order valence-electron chi connectivity index (χ2n) is 4.22. The van der Waals surface area contributed by atoms with Crippen LogP contribution in [-0.2, 0) is 4.79 Å². The Morgan fingerprint density at radius 2 is 1.90 bits per heavy atom. The van der Waals surface area contributed by atoms with Crippen molar-refractivity contribution in [2.75, 3.05) is 11.4 Å². The van der Waals surface area contributed by atoms with Gasteiger partial charge in [0, 0.05) is 10.2 Å². The van der Waals surface area contributed by atoms with Crippen molar-refractivity contribution in [3.8, 4) is 0 Å². The number of halogens is 1. The van der Waals surface area contributed by atoms with E-state index in [1.165, 1.54) is 16.2 Å². The number of nitrogens with zero attached hydrogens (tertiary/aromatic N) is 1. The van der Waals surface area contributed by atoms with E-state index in [9.17, 15) is 9.59 Å². The van der Waals surface area contributed by atoms with E-state index in [-0.39, 0.29) is 12.5 Å². The van der Waals surface area contributed by atoms with Crippen molar-refractivity contribution in [2.45, 2.75) is 6.92 Å². The van der Waals surface area contributed by atoms with Gasteiger partial charge >= 0.3 is 5.97 Å². The van der Waals surface area contributed by atoms with Gasteiger partial charge in [0.15, 0.2) is 0 Å². The van der Waals surface area contributed by atoms with Gasteiger partial charge < -0.3 is 5.11 Å². The second-order valence-corrected chi connectivity index (χ2v) is 5.99. The maximum Gasteiger partial charge on any atom is 0.323 e. The molecule has 1 amide bonds. The maximum atomic E-state index is 12.5. The first kappa shape index (κ1) is 14.7. The van der Waals surface area contributed by atoms with Crippen LogP contribution in [0.3, 0.4) is 0 Å². The molecule has 0 radical (unpaired) electrons. The van der Waals surface area contributed by atoms with Crippen LogP contribution in [0.1, 0.15) is 15.2 Å². The molecule has 4 nitrogen and oxygen atoms in total. The number of benzene rings is 1. The standard InChI is InChI=1S/C14H12BrNO3S/c1-9-2-4-10(5-3-9)16(8-12(17)18)14(19)13-11(15)6-7-20-13/h2-7H,8H2,1H3,(H,17,18). The summed E-state index contributed by atoms with van der Waals surface area (Å²) < 4.78 is 0.676. The Labute approximate surface area is 128 Å². The highest BCUT2D eigenvalue weighted by Gasteiger charge is 2.23.